The van der Waals surface area contributed by atoms with Crippen molar-refractivity contribution in [2.75, 3.05) is 11.8 Å². The van der Waals surface area contributed by atoms with Gasteiger partial charge in [0.05, 0.1) is 10.5 Å². The molecule has 1 amide bonds. The fraction of sp³-hybridized carbons (Fsp3) is 0.222. The van der Waals surface area contributed by atoms with Crippen LogP contribution in [0, 0.1) is 12.7 Å². The van der Waals surface area contributed by atoms with E-state index in [1.807, 2.05) is 0 Å². The largest absolute Gasteiger partial charge is 0.449 e. The Morgan fingerprint density at radius 1 is 1.11 bits per heavy atom. The second-order valence-electron chi connectivity index (χ2n) is 5.75. The van der Waals surface area contributed by atoms with E-state index in [9.17, 15) is 22.4 Å². The molecule has 0 aliphatic rings. The monoisotopic (exact) mass is 394 g/mol. The molecule has 0 aliphatic heterocycles. The number of ether oxygens (including phenoxy) is 1. The molecule has 2 N–H and O–H groups in total. The van der Waals surface area contributed by atoms with Crippen molar-refractivity contribution in [2.24, 2.45) is 0 Å². The SMILES string of the molecule is CNC(=O)[C@@H](C)OC(=O)c1ccc(NS(=O)(=O)c2ccc(F)cc2C)cc1. The number of carbonyl (C=O) groups is 2. The van der Waals surface area contributed by atoms with Crippen LogP contribution in [0.1, 0.15) is 22.8 Å². The third-order valence-electron chi connectivity index (χ3n) is 3.70. The minimum atomic E-state index is -3.91. The lowest BCUT2D eigenvalue weighted by Gasteiger charge is -2.13. The number of halogens is 1. The Hall–Kier alpha value is -2.94. The molecule has 0 heterocycles. The third-order valence-corrected chi connectivity index (χ3v) is 5.24. The first-order valence-corrected chi connectivity index (χ1v) is 9.44. The van der Waals surface area contributed by atoms with E-state index >= 15 is 0 Å². The van der Waals surface area contributed by atoms with Gasteiger partial charge in [0.2, 0.25) is 0 Å². The number of hydrogen-bond acceptors (Lipinski definition) is 5. The fourth-order valence-electron chi connectivity index (χ4n) is 2.28. The van der Waals surface area contributed by atoms with Crippen LogP contribution in [0.2, 0.25) is 0 Å². The van der Waals surface area contributed by atoms with Gasteiger partial charge in [-0.1, -0.05) is 0 Å². The van der Waals surface area contributed by atoms with Gasteiger partial charge in [0.15, 0.2) is 6.10 Å². The Morgan fingerprint density at radius 2 is 1.74 bits per heavy atom. The summed E-state index contributed by atoms with van der Waals surface area (Å²) in [6, 6.07) is 8.88. The van der Waals surface area contributed by atoms with Crippen LogP contribution in [0.4, 0.5) is 10.1 Å². The van der Waals surface area contributed by atoms with Gasteiger partial charge in [0, 0.05) is 12.7 Å². The van der Waals surface area contributed by atoms with Crippen LogP contribution in [0.15, 0.2) is 47.4 Å². The van der Waals surface area contributed by atoms with Crippen LogP contribution in [0.3, 0.4) is 0 Å². The summed E-state index contributed by atoms with van der Waals surface area (Å²) in [6.45, 7) is 2.93. The topological polar surface area (TPSA) is 102 Å². The Kier molecular flexibility index (Phi) is 6.17. The number of rotatable bonds is 6. The van der Waals surface area contributed by atoms with Crippen molar-refractivity contribution < 1.29 is 27.1 Å². The average molecular weight is 394 g/mol. The molecule has 0 unspecified atom stereocenters. The molecule has 7 nitrogen and oxygen atoms in total. The molecule has 0 bridgehead atoms. The van der Waals surface area contributed by atoms with Crippen LogP contribution in [-0.4, -0.2) is 33.4 Å². The Labute approximate surface area is 156 Å². The van der Waals surface area contributed by atoms with E-state index in [4.69, 9.17) is 4.74 Å². The zero-order valence-corrected chi connectivity index (χ0v) is 15.8. The van der Waals surface area contributed by atoms with Crippen molar-refractivity contribution >= 4 is 27.6 Å². The predicted molar refractivity (Wildman–Crippen MR) is 97.3 cm³/mol. The number of esters is 1. The highest BCUT2D eigenvalue weighted by molar-refractivity contribution is 7.92. The Morgan fingerprint density at radius 3 is 2.30 bits per heavy atom. The number of sulfonamides is 1. The Bertz CT molecular complexity index is 958. The molecule has 2 rings (SSSR count). The maximum Gasteiger partial charge on any atom is 0.338 e. The standard InChI is InChI=1S/C18H19FN2O5S/c1-11-10-14(19)6-9-16(11)27(24,25)21-15-7-4-13(5-8-15)18(23)26-12(2)17(22)20-3/h4-10,12,21H,1-3H3,(H,20,22)/t12-/m1/s1. The Balaban J connectivity index is 2.13. The fourth-order valence-corrected chi connectivity index (χ4v) is 3.57. The third kappa shape index (κ3) is 5.04. The lowest BCUT2D eigenvalue weighted by Crippen LogP contribution is -2.33. The minimum Gasteiger partial charge on any atom is -0.449 e. The predicted octanol–water partition coefficient (Wildman–Crippen LogP) is 2.23. The zero-order chi connectivity index (χ0) is 20.2. The number of likely N-dealkylation sites (N-methyl/N-ethyl adjacent to an activating group) is 1. The summed E-state index contributed by atoms with van der Waals surface area (Å²) in [7, 11) is -2.49. The van der Waals surface area contributed by atoms with Crippen LogP contribution < -0.4 is 10.0 Å². The van der Waals surface area contributed by atoms with E-state index in [2.05, 4.69) is 10.0 Å². The molecule has 2 aromatic rings. The normalized spacial score (nSPS) is 12.1. The number of benzene rings is 2. The highest BCUT2D eigenvalue weighted by Gasteiger charge is 2.19. The first-order valence-electron chi connectivity index (χ1n) is 7.95. The molecular formula is C18H19FN2O5S. The van der Waals surface area contributed by atoms with Crippen LogP contribution in [0.25, 0.3) is 0 Å². The van der Waals surface area contributed by atoms with Gasteiger partial charge in [-0.2, -0.15) is 0 Å². The van der Waals surface area contributed by atoms with Crippen molar-refractivity contribution in [1.29, 1.82) is 0 Å². The maximum absolute atomic E-state index is 13.2. The molecule has 0 aliphatic carbocycles. The molecule has 1 atom stereocenters. The van der Waals surface area contributed by atoms with Crippen molar-refractivity contribution in [2.45, 2.75) is 24.8 Å². The van der Waals surface area contributed by atoms with Gasteiger partial charge < -0.3 is 10.1 Å². The zero-order valence-electron chi connectivity index (χ0n) is 14.9. The number of hydrogen-bond donors (Lipinski definition) is 2. The van der Waals surface area contributed by atoms with Gasteiger partial charge >= 0.3 is 5.97 Å². The molecule has 27 heavy (non-hydrogen) atoms. The van der Waals surface area contributed by atoms with Gasteiger partial charge in [0.25, 0.3) is 15.9 Å². The van der Waals surface area contributed by atoms with E-state index in [0.717, 1.165) is 12.1 Å². The molecule has 0 radical (unpaired) electrons. The van der Waals surface area contributed by atoms with E-state index in [1.165, 1.54) is 51.2 Å². The quantitative estimate of drug-likeness (QED) is 0.732. The van der Waals surface area contributed by atoms with Crippen molar-refractivity contribution in [3.8, 4) is 0 Å². The number of nitrogens with one attached hydrogen (secondary N) is 2. The van der Waals surface area contributed by atoms with Crippen LogP contribution in [0.5, 0.6) is 0 Å². The lowest BCUT2D eigenvalue weighted by molar-refractivity contribution is -0.128. The number of amides is 1. The van der Waals surface area contributed by atoms with Crippen molar-refractivity contribution in [3.63, 3.8) is 0 Å². The van der Waals surface area contributed by atoms with E-state index in [0.29, 0.717) is 0 Å². The van der Waals surface area contributed by atoms with Crippen molar-refractivity contribution in [1.82, 2.24) is 5.32 Å². The highest BCUT2D eigenvalue weighted by atomic mass is 32.2. The summed E-state index contributed by atoms with van der Waals surface area (Å²) in [6.07, 6.45) is -0.956. The number of aryl methyl sites for hydroxylation is 1. The average Bonchev–Trinajstić information content (AvgIpc) is 2.60. The second-order valence-corrected chi connectivity index (χ2v) is 7.41. The van der Waals surface area contributed by atoms with Gasteiger partial charge in [-0.3, -0.25) is 9.52 Å². The number of carbonyl (C=O) groups excluding carboxylic acids is 2. The van der Waals surface area contributed by atoms with Gasteiger partial charge in [-0.05, 0) is 61.9 Å². The lowest BCUT2D eigenvalue weighted by atomic mass is 10.2. The first-order chi connectivity index (χ1) is 12.6. The molecule has 9 heteroatoms. The minimum absolute atomic E-state index is 0.0493. The molecule has 2 aromatic carbocycles. The van der Waals surface area contributed by atoms with E-state index in [-0.39, 0.29) is 21.7 Å². The summed E-state index contributed by atoms with van der Waals surface area (Å²) in [5.74, 6) is -1.68. The second kappa shape index (κ2) is 8.17. The van der Waals surface area contributed by atoms with Gasteiger partial charge in [-0.25, -0.2) is 17.6 Å². The van der Waals surface area contributed by atoms with Crippen LogP contribution >= 0.6 is 0 Å². The molecule has 0 saturated heterocycles. The van der Waals surface area contributed by atoms with Crippen LogP contribution in [-0.2, 0) is 19.6 Å². The number of anilines is 1. The molecule has 0 spiro atoms. The molecule has 144 valence electrons. The first kappa shape index (κ1) is 20.4. The van der Waals surface area contributed by atoms with Gasteiger partial charge in [0.1, 0.15) is 5.82 Å². The van der Waals surface area contributed by atoms with Gasteiger partial charge in [-0.15, -0.1) is 0 Å². The summed E-state index contributed by atoms with van der Waals surface area (Å²) in [5.41, 5.74) is 0.646. The maximum atomic E-state index is 13.2. The molecular weight excluding hydrogens is 375 g/mol. The summed E-state index contributed by atoms with van der Waals surface area (Å²) >= 11 is 0. The summed E-state index contributed by atoms with van der Waals surface area (Å²) in [5, 5.41) is 2.36. The smallest absolute Gasteiger partial charge is 0.338 e. The van der Waals surface area contributed by atoms with Crippen molar-refractivity contribution in [3.05, 3.63) is 59.4 Å². The molecule has 0 fully saturated rings. The molecule has 0 saturated carbocycles. The van der Waals surface area contributed by atoms with E-state index < -0.39 is 33.8 Å². The summed E-state index contributed by atoms with van der Waals surface area (Å²) in [4.78, 5) is 23.3. The molecule has 0 aromatic heterocycles. The highest BCUT2D eigenvalue weighted by Crippen LogP contribution is 2.20. The van der Waals surface area contributed by atoms with E-state index in [1.54, 1.807) is 0 Å². The summed E-state index contributed by atoms with van der Waals surface area (Å²) < 4.78 is 45.4.